The lowest BCUT2D eigenvalue weighted by Gasteiger charge is -2.27. The average Bonchev–Trinajstić information content (AvgIpc) is 2.76. The summed E-state index contributed by atoms with van der Waals surface area (Å²) >= 11 is 0. The van der Waals surface area contributed by atoms with Gasteiger partial charge in [0.05, 0.1) is 12.0 Å². The number of carboxylic acid groups (broad SMARTS) is 1. The number of carbonyl (C=O) groups is 2. The van der Waals surface area contributed by atoms with Gasteiger partial charge in [-0.3, -0.25) is 9.59 Å². The Morgan fingerprint density at radius 3 is 2.28 bits per heavy atom. The van der Waals surface area contributed by atoms with Gasteiger partial charge >= 0.3 is 5.97 Å². The van der Waals surface area contributed by atoms with Gasteiger partial charge in [-0.2, -0.15) is 0 Å². The molecule has 2 rings (SSSR count). The number of carbonyl (C=O) groups excluding carboxylic acids is 1. The van der Waals surface area contributed by atoms with Crippen LogP contribution in [0.4, 0.5) is 0 Å². The number of rotatable bonds is 3. The first-order valence-electron chi connectivity index (χ1n) is 6.75. The van der Waals surface area contributed by atoms with Crippen molar-refractivity contribution in [1.29, 1.82) is 0 Å². The normalized spacial score (nSPS) is 36.3. The molecule has 2 N–H and O–H groups in total. The Hall–Kier alpha value is -1.10. The first-order valence-corrected chi connectivity index (χ1v) is 6.75. The maximum atomic E-state index is 11.9. The van der Waals surface area contributed by atoms with Crippen molar-refractivity contribution in [2.75, 3.05) is 0 Å². The summed E-state index contributed by atoms with van der Waals surface area (Å²) in [5, 5.41) is 11.9. The largest absolute Gasteiger partial charge is 0.481 e. The molecule has 5 heteroatoms. The molecule has 18 heavy (non-hydrogen) atoms. The van der Waals surface area contributed by atoms with E-state index in [-0.39, 0.29) is 30.1 Å². The molecule has 1 amide bonds. The van der Waals surface area contributed by atoms with Crippen molar-refractivity contribution in [2.24, 2.45) is 5.92 Å². The molecule has 1 saturated heterocycles. The monoisotopic (exact) mass is 255 g/mol. The predicted octanol–water partition coefficient (Wildman–Crippen LogP) is 1.31. The highest BCUT2D eigenvalue weighted by Gasteiger charge is 2.31. The predicted molar refractivity (Wildman–Crippen MR) is 65.1 cm³/mol. The van der Waals surface area contributed by atoms with Gasteiger partial charge in [0.2, 0.25) is 5.91 Å². The van der Waals surface area contributed by atoms with E-state index in [0.29, 0.717) is 12.8 Å². The van der Waals surface area contributed by atoms with E-state index in [1.165, 1.54) is 0 Å². The van der Waals surface area contributed by atoms with E-state index in [0.717, 1.165) is 25.7 Å². The molecule has 2 aliphatic rings. The van der Waals surface area contributed by atoms with Crippen LogP contribution in [-0.4, -0.2) is 35.2 Å². The van der Waals surface area contributed by atoms with Crippen molar-refractivity contribution in [3.63, 3.8) is 0 Å². The maximum absolute atomic E-state index is 11.9. The highest BCUT2D eigenvalue weighted by Crippen LogP contribution is 2.25. The Bertz CT molecular complexity index is 323. The van der Waals surface area contributed by atoms with Gasteiger partial charge < -0.3 is 15.2 Å². The van der Waals surface area contributed by atoms with Crippen LogP contribution in [0, 0.1) is 5.92 Å². The Morgan fingerprint density at radius 2 is 1.78 bits per heavy atom. The number of aliphatic carboxylic acids is 1. The Balaban J connectivity index is 1.74. The number of amides is 1. The number of carboxylic acids is 1. The number of hydrogen-bond acceptors (Lipinski definition) is 3. The van der Waals surface area contributed by atoms with Crippen LogP contribution in [0.5, 0.6) is 0 Å². The van der Waals surface area contributed by atoms with E-state index in [4.69, 9.17) is 9.84 Å². The molecule has 0 aromatic heterocycles. The highest BCUT2D eigenvalue weighted by atomic mass is 16.5. The van der Waals surface area contributed by atoms with Crippen molar-refractivity contribution < 1.29 is 19.4 Å². The van der Waals surface area contributed by atoms with Gasteiger partial charge in [0.1, 0.15) is 6.10 Å². The minimum Gasteiger partial charge on any atom is -0.481 e. The van der Waals surface area contributed by atoms with E-state index in [9.17, 15) is 9.59 Å². The Labute approximate surface area is 107 Å². The second kappa shape index (κ2) is 5.69. The number of nitrogens with one attached hydrogen (secondary N) is 1. The van der Waals surface area contributed by atoms with Gasteiger partial charge in [-0.1, -0.05) is 0 Å². The van der Waals surface area contributed by atoms with E-state index < -0.39 is 5.97 Å². The molecule has 102 valence electrons. The molecule has 1 heterocycles. The van der Waals surface area contributed by atoms with Gasteiger partial charge in [0.15, 0.2) is 0 Å². The molecule has 2 atom stereocenters. The quantitative estimate of drug-likeness (QED) is 0.797. The SMILES string of the molecule is C[C@H]1CC[C@@H](C(=O)NC2CCC(C(=O)O)CC2)O1. The van der Waals surface area contributed by atoms with Crippen molar-refractivity contribution in [3.05, 3.63) is 0 Å². The molecule has 2 fully saturated rings. The van der Waals surface area contributed by atoms with E-state index in [1.54, 1.807) is 0 Å². The molecule has 1 aliphatic heterocycles. The lowest BCUT2D eigenvalue weighted by Crippen LogP contribution is -2.43. The zero-order valence-corrected chi connectivity index (χ0v) is 10.7. The fourth-order valence-corrected chi connectivity index (χ4v) is 2.77. The van der Waals surface area contributed by atoms with Crippen molar-refractivity contribution in [2.45, 2.75) is 63.7 Å². The van der Waals surface area contributed by atoms with E-state index >= 15 is 0 Å². The molecule has 0 unspecified atom stereocenters. The summed E-state index contributed by atoms with van der Waals surface area (Å²) in [7, 11) is 0. The summed E-state index contributed by atoms with van der Waals surface area (Å²) in [6.45, 7) is 1.98. The van der Waals surface area contributed by atoms with Gasteiger partial charge in [0, 0.05) is 6.04 Å². The van der Waals surface area contributed by atoms with Crippen LogP contribution in [0.3, 0.4) is 0 Å². The minimum atomic E-state index is -0.715. The molecule has 5 nitrogen and oxygen atoms in total. The molecule has 1 aliphatic carbocycles. The second-order valence-electron chi connectivity index (χ2n) is 5.41. The third-order valence-corrected chi connectivity index (χ3v) is 3.95. The summed E-state index contributed by atoms with van der Waals surface area (Å²) in [6.07, 6.45) is 4.41. The average molecular weight is 255 g/mol. The second-order valence-corrected chi connectivity index (χ2v) is 5.41. The van der Waals surface area contributed by atoms with Gasteiger partial charge in [-0.05, 0) is 45.4 Å². The Kier molecular flexibility index (Phi) is 4.22. The van der Waals surface area contributed by atoms with Crippen molar-refractivity contribution in [1.82, 2.24) is 5.32 Å². The van der Waals surface area contributed by atoms with Crippen LogP contribution in [0.2, 0.25) is 0 Å². The summed E-state index contributed by atoms with van der Waals surface area (Å²) in [6, 6.07) is 0.118. The van der Waals surface area contributed by atoms with E-state index in [1.807, 2.05) is 6.92 Å². The standard InChI is InChI=1S/C13H21NO4/c1-8-2-7-11(18-8)12(15)14-10-5-3-9(4-6-10)13(16)17/h8-11H,2-7H2,1H3,(H,14,15)(H,16,17)/t8-,9?,10?,11-/m0/s1. The van der Waals surface area contributed by atoms with Crippen LogP contribution in [0.1, 0.15) is 45.4 Å². The third kappa shape index (κ3) is 3.22. The Morgan fingerprint density at radius 1 is 1.11 bits per heavy atom. The van der Waals surface area contributed by atoms with Crippen LogP contribution < -0.4 is 5.32 Å². The maximum Gasteiger partial charge on any atom is 0.306 e. The molecule has 1 saturated carbocycles. The van der Waals surface area contributed by atoms with Crippen LogP contribution >= 0.6 is 0 Å². The van der Waals surface area contributed by atoms with Gasteiger partial charge in [-0.15, -0.1) is 0 Å². The molecular formula is C13H21NO4. The molecule has 0 spiro atoms. The highest BCUT2D eigenvalue weighted by molar-refractivity contribution is 5.81. The fourth-order valence-electron chi connectivity index (χ4n) is 2.77. The molecule has 0 radical (unpaired) electrons. The lowest BCUT2D eigenvalue weighted by atomic mass is 9.86. The fraction of sp³-hybridized carbons (Fsp3) is 0.846. The summed E-state index contributed by atoms with van der Waals surface area (Å²) in [5.74, 6) is -0.980. The van der Waals surface area contributed by atoms with Crippen LogP contribution in [0.25, 0.3) is 0 Å². The molecular weight excluding hydrogens is 234 g/mol. The zero-order chi connectivity index (χ0) is 13.1. The number of hydrogen-bond donors (Lipinski definition) is 2. The topological polar surface area (TPSA) is 75.6 Å². The summed E-state index contributed by atoms with van der Waals surface area (Å²) in [5.41, 5.74) is 0. The smallest absolute Gasteiger partial charge is 0.306 e. The minimum absolute atomic E-state index is 0.0295. The molecule has 0 bridgehead atoms. The van der Waals surface area contributed by atoms with Crippen LogP contribution in [0.15, 0.2) is 0 Å². The number of ether oxygens (including phenoxy) is 1. The zero-order valence-electron chi connectivity index (χ0n) is 10.7. The van der Waals surface area contributed by atoms with Crippen molar-refractivity contribution >= 4 is 11.9 Å². The first kappa shape index (κ1) is 13.3. The van der Waals surface area contributed by atoms with Crippen molar-refractivity contribution in [3.8, 4) is 0 Å². The van der Waals surface area contributed by atoms with Crippen LogP contribution in [-0.2, 0) is 14.3 Å². The van der Waals surface area contributed by atoms with Gasteiger partial charge in [0.25, 0.3) is 0 Å². The summed E-state index contributed by atoms with van der Waals surface area (Å²) < 4.78 is 5.52. The molecule has 0 aromatic rings. The molecule has 0 aromatic carbocycles. The first-order chi connectivity index (χ1) is 8.56. The third-order valence-electron chi connectivity index (χ3n) is 3.95. The summed E-state index contributed by atoms with van der Waals surface area (Å²) in [4.78, 5) is 22.7. The lowest BCUT2D eigenvalue weighted by molar-refractivity contribution is -0.143. The van der Waals surface area contributed by atoms with E-state index in [2.05, 4.69) is 5.32 Å². The van der Waals surface area contributed by atoms with Gasteiger partial charge in [-0.25, -0.2) is 0 Å².